The lowest BCUT2D eigenvalue weighted by atomic mass is 9.77. The number of hydrogen-bond acceptors (Lipinski definition) is 11. The van der Waals surface area contributed by atoms with Gasteiger partial charge in [-0.2, -0.15) is 0 Å². The minimum absolute atomic E-state index is 0.0183. The van der Waals surface area contributed by atoms with Crippen molar-refractivity contribution in [2.75, 3.05) is 7.11 Å². The molecule has 0 aromatic rings. The van der Waals surface area contributed by atoms with Gasteiger partial charge >= 0.3 is 11.9 Å². The zero-order valence-corrected chi connectivity index (χ0v) is 33.4. The van der Waals surface area contributed by atoms with Crippen LogP contribution < -0.4 is 0 Å². The van der Waals surface area contributed by atoms with Gasteiger partial charge in [0.1, 0.15) is 11.7 Å². The van der Waals surface area contributed by atoms with Crippen LogP contribution in [-0.4, -0.2) is 117 Å². The minimum Gasteiger partial charge on any atom is -0.481 e. The van der Waals surface area contributed by atoms with Gasteiger partial charge in [-0.25, -0.2) is 0 Å². The topological polar surface area (TPSA) is 180 Å². The molecule has 13 heteroatoms. The predicted molar refractivity (Wildman–Crippen MR) is 191 cm³/mol. The van der Waals surface area contributed by atoms with Crippen molar-refractivity contribution in [3.63, 3.8) is 0 Å². The molecule has 0 aromatic carbocycles. The lowest BCUT2D eigenvalue weighted by Gasteiger charge is -2.50. The molecule has 19 atom stereocenters. The Labute approximate surface area is 314 Å². The molecule has 4 N–H and O–H groups in total. The van der Waals surface area contributed by atoms with Crippen molar-refractivity contribution in [3.05, 3.63) is 0 Å². The summed E-state index contributed by atoms with van der Waals surface area (Å²) in [5.74, 6) is -6.28. The van der Waals surface area contributed by atoms with E-state index in [2.05, 4.69) is 41.5 Å². The number of hydrogen-bond donors (Lipinski definition) is 4. The van der Waals surface area contributed by atoms with Gasteiger partial charge in [-0.3, -0.25) is 9.59 Å². The number of ether oxygens (including phenoxy) is 7. The van der Waals surface area contributed by atoms with Crippen molar-refractivity contribution in [2.45, 2.75) is 197 Å². The van der Waals surface area contributed by atoms with E-state index in [4.69, 9.17) is 33.2 Å². The van der Waals surface area contributed by atoms with Gasteiger partial charge < -0.3 is 53.6 Å². The van der Waals surface area contributed by atoms with Gasteiger partial charge in [0.05, 0.1) is 65.8 Å². The molecule has 0 amide bonds. The molecule has 6 heterocycles. The maximum atomic E-state index is 12.3. The second-order valence-electron chi connectivity index (χ2n) is 18.7. The number of methoxy groups -OCH3 is 1. The lowest BCUT2D eigenvalue weighted by molar-refractivity contribution is -0.354. The van der Waals surface area contributed by atoms with Crippen LogP contribution in [0.25, 0.3) is 0 Å². The van der Waals surface area contributed by atoms with Gasteiger partial charge in [-0.1, -0.05) is 27.7 Å². The molecule has 0 saturated carbocycles. The third-order valence-corrected chi connectivity index (χ3v) is 14.5. The lowest BCUT2D eigenvalue weighted by Crippen LogP contribution is -2.63. The fourth-order valence-electron chi connectivity index (χ4n) is 11.1. The third-order valence-electron chi connectivity index (χ3n) is 14.5. The number of carboxylic acid groups (broad SMARTS) is 2. The smallest absolute Gasteiger partial charge is 0.309 e. The largest absolute Gasteiger partial charge is 0.481 e. The average Bonchev–Trinajstić information content (AvgIpc) is 3.74. The fraction of sp³-hybridized carbons (Fsp3) is 0.950. The predicted octanol–water partition coefficient (Wildman–Crippen LogP) is 4.91. The first-order valence-corrected chi connectivity index (χ1v) is 20.0. The Bertz CT molecular complexity index is 1360. The summed E-state index contributed by atoms with van der Waals surface area (Å²) in [4.78, 5) is 24.2. The normalized spacial score (nSPS) is 53.9. The molecule has 13 nitrogen and oxygen atoms in total. The second-order valence-corrected chi connectivity index (χ2v) is 18.7. The van der Waals surface area contributed by atoms with E-state index in [1.54, 1.807) is 14.0 Å². The van der Waals surface area contributed by atoms with Crippen LogP contribution in [0.15, 0.2) is 0 Å². The van der Waals surface area contributed by atoms with Crippen LogP contribution in [0, 0.1) is 35.5 Å². The van der Waals surface area contributed by atoms with E-state index in [0.29, 0.717) is 32.1 Å². The van der Waals surface area contributed by atoms with Crippen molar-refractivity contribution >= 4 is 11.9 Å². The van der Waals surface area contributed by atoms with Gasteiger partial charge in [-0.15, -0.1) is 0 Å². The van der Waals surface area contributed by atoms with Crippen molar-refractivity contribution in [1.29, 1.82) is 0 Å². The molecule has 6 saturated heterocycles. The molecule has 6 aliphatic heterocycles. The molecular formula is C40H66O13. The van der Waals surface area contributed by atoms with E-state index < -0.39 is 64.4 Å². The van der Waals surface area contributed by atoms with E-state index in [9.17, 15) is 30.0 Å². The molecule has 0 aliphatic carbocycles. The molecule has 6 fully saturated rings. The van der Waals surface area contributed by atoms with Crippen molar-refractivity contribution in [2.24, 2.45) is 35.5 Å². The van der Waals surface area contributed by atoms with Crippen molar-refractivity contribution in [1.82, 2.24) is 0 Å². The summed E-state index contributed by atoms with van der Waals surface area (Å²) < 4.78 is 46.4. The highest BCUT2D eigenvalue weighted by molar-refractivity contribution is 5.71. The zero-order chi connectivity index (χ0) is 39.1. The molecule has 6 rings (SSSR count). The standard InChI is InChI=1S/C40H66O13/c1-20-11-12-25(48-31(20)23(4)34(41)42)16-26-17-28(47-10)24(5)40(50-26)22(3)18-37(7,53-40)30-13-14-36(6,51-30)33-21(2)15-29(49-33)32-27(35(43)44)19-38(8,45)39(9,46)52-32/h20-33,45-46H,11-19H2,1-10H3,(H,41,42)(H,43,44). The van der Waals surface area contributed by atoms with Gasteiger partial charge in [0.15, 0.2) is 11.6 Å². The Hall–Kier alpha value is -1.42. The highest BCUT2D eigenvalue weighted by Gasteiger charge is 2.65. The molecule has 0 bridgehead atoms. The number of aliphatic hydroxyl groups is 2. The van der Waals surface area contributed by atoms with Gasteiger partial charge in [0.2, 0.25) is 0 Å². The van der Waals surface area contributed by atoms with E-state index in [-0.39, 0.29) is 66.7 Å². The second kappa shape index (κ2) is 14.5. The Kier molecular flexibility index (Phi) is 11.3. The highest BCUT2D eigenvalue weighted by Crippen LogP contribution is 2.57. The molecule has 6 aliphatic rings. The summed E-state index contributed by atoms with van der Waals surface area (Å²) in [5, 5.41) is 41.5. The van der Waals surface area contributed by atoms with Crippen molar-refractivity contribution < 1.29 is 63.2 Å². The molecule has 53 heavy (non-hydrogen) atoms. The monoisotopic (exact) mass is 754 g/mol. The Balaban J connectivity index is 1.15. The van der Waals surface area contributed by atoms with Gasteiger partial charge in [-0.05, 0) is 91.4 Å². The molecular weight excluding hydrogens is 688 g/mol. The molecule has 304 valence electrons. The summed E-state index contributed by atoms with van der Waals surface area (Å²) >= 11 is 0. The summed E-state index contributed by atoms with van der Waals surface area (Å²) in [6.45, 7) is 17.1. The minimum atomic E-state index is -1.93. The number of aliphatic carboxylic acids is 2. The van der Waals surface area contributed by atoms with Crippen LogP contribution in [0.1, 0.15) is 120 Å². The quantitative estimate of drug-likeness (QED) is 0.250. The van der Waals surface area contributed by atoms with Gasteiger partial charge in [0.25, 0.3) is 0 Å². The highest BCUT2D eigenvalue weighted by atomic mass is 16.7. The maximum absolute atomic E-state index is 12.3. The Morgan fingerprint density at radius 2 is 1.55 bits per heavy atom. The van der Waals surface area contributed by atoms with E-state index >= 15 is 0 Å². The van der Waals surface area contributed by atoms with E-state index in [1.165, 1.54) is 13.8 Å². The summed E-state index contributed by atoms with van der Waals surface area (Å²) in [5.41, 5.74) is -3.08. The number of carbonyl (C=O) groups is 2. The first-order valence-electron chi connectivity index (χ1n) is 20.0. The first-order chi connectivity index (χ1) is 24.6. The fourth-order valence-corrected chi connectivity index (χ4v) is 11.1. The zero-order valence-electron chi connectivity index (χ0n) is 33.4. The average molecular weight is 755 g/mol. The summed E-state index contributed by atoms with van der Waals surface area (Å²) in [6.07, 6.45) is 2.71. The molecule has 0 aromatic heterocycles. The Morgan fingerprint density at radius 3 is 2.19 bits per heavy atom. The van der Waals surface area contributed by atoms with Crippen LogP contribution in [0.5, 0.6) is 0 Å². The van der Waals surface area contributed by atoms with Crippen LogP contribution in [0.3, 0.4) is 0 Å². The van der Waals surface area contributed by atoms with Crippen LogP contribution in [0.4, 0.5) is 0 Å². The van der Waals surface area contributed by atoms with E-state index in [1.807, 2.05) is 0 Å². The molecule has 0 radical (unpaired) electrons. The Morgan fingerprint density at radius 1 is 0.849 bits per heavy atom. The third kappa shape index (κ3) is 7.33. The molecule has 19 unspecified atom stereocenters. The van der Waals surface area contributed by atoms with Gasteiger partial charge in [0, 0.05) is 31.8 Å². The summed E-state index contributed by atoms with van der Waals surface area (Å²) in [7, 11) is 1.74. The van der Waals surface area contributed by atoms with Crippen LogP contribution in [0.2, 0.25) is 0 Å². The van der Waals surface area contributed by atoms with E-state index in [0.717, 1.165) is 19.3 Å². The molecule has 1 spiro atoms. The maximum Gasteiger partial charge on any atom is 0.309 e. The van der Waals surface area contributed by atoms with Crippen LogP contribution in [-0.2, 0) is 42.7 Å². The van der Waals surface area contributed by atoms with Crippen LogP contribution >= 0.6 is 0 Å². The van der Waals surface area contributed by atoms with Crippen molar-refractivity contribution in [3.8, 4) is 0 Å². The first kappa shape index (κ1) is 41.2. The number of rotatable bonds is 9. The SMILES string of the molecule is COC1CC(CC2CCC(C)C(C(C)C(=O)O)O2)OC2(OC(C)(C3CCC(C)(C4OC(C5OC(C)(O)C(C)(O)CC5C(=O)O)CC4C)O3)CC2C)C1C. The number of carboxylic acids is 2. The summed E-state index contributed by atoms with van der Waals surface area (Å²) in [6, 6.07) is 0.